The Hall–Kier alpha value is -2.01. The normalized spacial score (nSPS) is 9.50. The first kappa shape index (κ1) is 10.5. The summed E-state index contributed by atoms with van der Waals surface area (Å²) in [6.45, 7) is 0. The zero-order valence-corrected chi connectivity index (χ0v) is 9.15. The summed E-state index contributed by atoms with van der Waals surface area (Å²) in [7, 11) is 0. The van der Waals surface area contributed by atoms with Crippen LogP contribution in [0.2, 0.25) is 0 Å². The van der Waals surface area contributed by atoms with Crippen LogP contribution < -0.4 is 10.1 Å². The van der Waals surface area contributed by atoms with Crippen LogP contribution in [-0.4, -0.2) is 15.1 Å². The van der Waals surface area contributed by atoms with Crippen LogP contribution in [0.4, 0.5) is 5.82 Å². The largest absolute Gasteiger partial charge is 0.413 e. The van der Waals surface area contributed by atoms with E-state index in [1.54, 1.807) is 24.5 Å². The second-order valence-electron chi connectivity index (χ2n) is 2.90. The van der Waals surface area contributed by atoms with Crippen molar-refractivity contribution in [1.82, 2.24) is 9.97 Å². The number of hydrogen-bond donors (Lipinski definition) is 1. The minimum absolute atomic E-state index is 0.220. The molecule has 0 amide bonds. The smallest absolute Gasteiger partial charge is 0.269 e. The van der Waals surface area contributed by atoms with Crippen LogP contribution >= 0.6 is 12.2 Å². The molecule has 2 rings (SSSR count). The molecule has 0 aliphatic carbocycles. The molecule has 0 aliphatic rings. The molecule has 16 heavy (non-hydrogen) atoms. The molecular weight excluding hydrogens is 222 g/mol. The second-order valence-corrected chi connectivity index (χ2v) is 3.27. The van der Waals surface area contributed by atoms with Crippen LogP contribution in [0.25, 0.3) is 0 Å². The Morgan fingerprint density at radius 2 is 1.81 bits per heavy atom. The average Bonchev–Trinajstić information content (AvgIpc) is 2.31. The number of nitrogens with zero attached hydrogens (tertiary/aromatic N) is 2. The molecule has 0 atom stereocenters. The van der Waals surface area contributed by atoms with Gasteiger partial charge in [-0.2, -0.15) is 0 Å². The summed E-state index contributed by atoms with van der Waals surface area (Å²) in [5.74, 6) is 1.10. The maximum atomic E-state index is 5.29. The minimum Gasteiger partial charge on any atom is -0.413 e. The lowest BCUT2D eigenvalue weighted by Gasteiger charge is -2.06. The highest BCUT2D eigenvalue weighted by molar-refractivity contribution is 7.80. The molecular formula is C11H9N3OS. The molecule has 1 N–H and O–H groups in total. The van der Waals surface area contributed by atoms with Gasteiger partial charge in [0.1, 0.15) is 5.82 Å². The Kier molecular flexibility index (Phi) is 3.40. The lowest BCUT2D eigenvalue weighted by molar-refractivity contribution is 0.539. The van der Waals surface area contributed by atoms with Crippen molar-refractivity contribution in [3.05, 3.63) is 48.8 Å². The molecule has 0 bridgehead atoms. The molecule has 0 aliphatic heterocycles. The standard InChI is InChI=1S/C11H9N3OS/c16-11(14-9-5-1-3-7-12-9)15-10-6-2-4-8-13-10/h1-8H,(H,12,14,16). The third kappa shape index (κ3) is 2.99. The predicted molar refractivity (Wildman–Crippen MR) is 65.3 cm³/mol. The van der Waals surface area contributed by atoms with Crippen LogP contribution in [0, 0.1) is 0 Å². The highest BCUT2D eigenvalue weighted by Crippen LogP contribution is 2.06. The van der Waals surface area contributed by atoms with Gasteiger partial charge >= 0.3 is 0 Å². The number of hydrogen-bond acceptors (Lipinski definition) is 4. The summed E-state index contributed by atoms with van der Waals surface area (Å²) in [5, 5.41) is 3.07. The van der Waals surface area contributed by atoms with Crippen LogP contribution in [-0.2, 0) is 0 Å². The molecule has 0 spiro atoms. The molecule has 5 heteroatoms. The topological polar surface area (TPSA) is 47.0 Å². The maximum Gasteiger partial charge on any atom is 0.269 e. The van der Waals surface area contributed by atoms with Gasteiger partial charge in [-0.15, -0.1) is 0 Å². The third-order valence-corrected chi connectivity index (χ3v) is 1.92. The van der Waals surface area contributed by atoms with E-state index >= 15 is 0 Å². The van der Waals surface area contributed by atoms with Gasteiger partial charge in [0.05, 0.1) is 0 Å². The molecule has 0 aromatic carbocycles. The van der Waals surface area contributed by atoms with Crippen molar-refractivity contribution in [2.45, 2.75) is 0 Å². The maximum absolute atomic E-state index is 5.29. The van der Waals surface area contributed by atoms with Crippen molar-refractivity contribution in [2.75, 3.05) is 5.32 Å². The Labute approximate surface area is 98.3 Å². The molecule has 2 aromatic rings. The Balaban J connectivity index is 1.95. The van der Waals surface area contributed by atoms with Gasteiger partial charge in [0.2, 0.25) is 5.88 Å². The summed E-state index contributed by atoms with van der Waals surface area (Å²) in [5.41, 5.74) is 0. The number of anilines is 1. The van der Waals surface area contributed by atoms with Gasteiger partial charge in [-0.25, -0.2) is 9.97 Å². The van der Waals surface area contributed by atoms with E-state index in [2.05, 4.69) is 15.3 Å². The Bertz CT molecular complexity index is 418. The fraction of sp³-hybridized carbons (Fsp3) is 0. The van der Waals surface area contributed by atoms with E-state index in [0.29, 0.717) is 11.7 Å². The lowest BCUT2D eigenvalue weighted by atomic mass is 10.5. The molecule has 0 fully saturated rings. The first-order valence-electron chi connectivity index (χ1n) is 4.65. The summed E-state index contributed by atoms with van der Waals surface area (Å²) >= 11 is 5.00. The number of aromatic nitrogens is 2. The van der Waals surface area contributed by atoms with Crippen LogP contribution in [0.5, 0.6) is 5.88 Å². The van der Waals surface area contributed by atoms with Crippen molar-refractivity contribution in [2.24, 2.45) is 0 Å². The van der Waals surface area contributed by atoms with E-state index in [1.807, 2.05) is 24.3 Å². The van der Waals surface area contributed by atoms with Crippen molar-refractivity contribution in [3.8, 4) is 5.88 Å². The molecule has 2 heterocycles. The summed E-state index contributed by atoms with van der Waals surface area (Å²) in [4.78, 5) is 8.05. The van der Waals surface area contributed by atoms with E-state index < -0.39 is 0 Å². The summed E-state index contributed by atoms with van der Waals surface area (Å²) in [6.07, 6.45) is 3.31. The quantitative estimate of drug-likeness (QED) is 0.803. The number of nitrogens with one attached hydrogen (secondary N) is 1. The van der Waals surface area contributed by atoms with Gasteiger partial charge in [0, 0.05) is 18.5 Å². The van der Waals surface area contributed by atoms with Gasteiger partial charge in [0.15, 0.2) is 0 Å². The average molecular weight is 231 g/mol. The van der Waals surface area contributed by atoms with Crippen LogP contribution in [0.1, 0.15) is 0 Å². The molecule has 0 radical (unpaired) electrons. The van der Waals surface area contributed by atoms with Crippen molar-refractivity contribution in [3.63, 3.8) is 0 Å². The first-order chi connectivity index (χ1) is 7.84. The number of ether oxygens (including phenoxy) is 1. The first-order valence-corrected chi connectivity index (χ1v) is 5.06. The summed E-state index contributed by atoms with van der Waals surface area (Å²) < 4.78 is 5.29. The highest BCUT2D eigenvalue weighted by Gasteiger charge is 2.01. The van der Waals surface area contributed by atoms with Crippen molar-refractivity contribution < 1.29 is 4.74 Å². The molecule has 0 saturated heterocycles. The van der Waals surface area contributed by atoms with Crippen molar-refractivity contribution >= 4 is 23.2 Å². The summed E-state index contributed by atoms with van der Waals surface area (Å²) in [6, 6.07) is 10.8. The minimum atomic E-state index is 0.220. The van der Waals surface area contributed by atoms with E-state index in [-0.39, 0.29) is 5.17 Å². The van der Waals surface area contributed by atoms with Gasteiger partial charge in [-0.05, 0) is 30.4 Å². The second kappa shape index (κ2) is 5.18. The fourth-order valence-electron chi connectivity index (χ4n) is 1.07. The molecule has 80 valence electrons. The van der Waals surface area contributed by atoms with E-state index in [1.165, 1.54) is 0 Å². The van der Waals surface area contributed by atoms with Crippen LogP contribution in [0.3, 0.4) is 0 Å². The fourth-order valence-corrected chi connectivity index (χ4v) is 1.26. The monoisotopic (exact) mass is 231 g/mol. The molecule has 4 nitrogen and oxygen atoms in total. The number of rotatable bonds is 2. The lowest BCUT2D eigenvalue weighted by Crippen LogP contribution is -2.17. The van der Waals surface area contributed by atoms with Crippen LogP contribution in [0.15, 0.2) is 48.8 Å². The van der Waals surface area contributed by atoms with Gasteiger partial charge in [0.25, 0.3) is 5.17 Å². The van der Waals surface area contributed by atoms with E-state index in [4.69, 9.17) is 17.0 Å². The van der Waals surface area contributed by atoms with Gasteiger partial charge < -0.3 is 10.1 Å². The highest BCUT2D eigenvalue weighted by atomic mass is 32.1. The number of thiocarbonyl (C=S) groups is 1. The van der Waals surface area contributed by atoms with Crippen molar-refractivity contribution in [1.29, 1.82) is 0 Å². The molecule has 0 saturated carbocycles. The Morgan fingerprint density at radius 1 is 1.06 bits per heavy atom. The van der Waals surface area contributed by atoms with E-state index in [0.717, 1.165) is 0 Å². The molecule has 0 unspecified atom stereocenters. The SMILES string of the molecule is S=C(Nc1ccccn1)Oc1ccccn1. The van der Waals surface area contributed by atoms with Gasteiger partial charge in [-0.1, -0.05) is 12.1 Å². The Morgan fingerprint density at radius 3 is 2.44 bits per heavy atom. The van der Waals surface area contributed by atoms with E-state index in [9.17, 15) is 0 Å². The third-order valence-electron chi connectivity index (χ3n) is 1.73. The zero-order chi connectivity index (χ0) is 11.2. The number of pyridine rings is 2. The van der Waals surface area contributed by atoms with Gasteiger partial charge in [-0.3, -0.25) is 0 Å². The predicted octanol–water partition coefficient (Wildman–Crippen LogP) is 2.25. The zero-order valence-electron chi connectivity index (χ0n) is 8.33. The molecule has 2 aromatic heterocycles.